The average Bonchev–Trinajstić information content (AvgIpc) is 2.53. The van der Waals surface area contributed by atoms with Gasteiger partial charge in [-0.2, -0.15) is 0 Å². The molecule has 1 aliphatic heterocycles. The van der Waals surface area contributed by atoms with Crippen molar-refractivity contribution in [2.75, 3.05) is 27.7 Å². The SMILES string of the molecule is CS(=O)(=O)N1CCCc2ccc(NC(=O)Nc3cccc(Cl)c3)cc21. The first-order chi connectivity index (χ1) is 11.8. The van der Waals surface area contributed by atoms with E-state index in [1.807, 2.05) is 6.07 Å². The zero-order valence-electron chi connectivity index (χ0n) is 13.6. The van der Waals surface area contributed by atoms with Crippen LogP contribution in [0, 0.1) is 0 Å². The molecule has 1 aliphatic rings. The summed E-state index contributed by atoms with van der Waals surface area (Å²) in [4.78, 5) is 12.1. The van der Waals surface area contributed by atoms with Crippen molar-refractivity contribution in [3.05, 3.63) is 53.1 Å². The zero-order chi connectivity index (χ0) is 18.0. The molecule has 1 heterocycles. The quantitative estimate of drug-likeness (QED) is 0.853. The van der Waals surface area contributed by atoms with Crippen molar-refractivity contribution in [2.24, 2.45) is 0 Å². The molecule has 2 aromatic rings. The number of nitrogens with one attached hydrogen (secondary N) is 2. The standard InChI is InChI=1S/C17H18ClN3O3S/c1-25(23,24)21-9-3-4-12-7-8-15(11-16(12)21)20-17(22)19-14-6-2-5-13(18)10-14/h2,5-8,10-11H,3-4,9H2,1H3,(H2,19,20,22). The van der Waals surface area contributed by atoms with Crippen molar-refractivity contribution in [3.63, 3.8) is 0 Å². The van der Waals surface area contributed by atoms with E-state index >= 15 is 0 Å². The Balaban J connectivity index is 1.79. The van der Waals surface area contributed by atoms with Crippen molar-refractivity contribution >= 4 is 44.7 Å². The lowest BCUT2D eigenvalue weighted by Gasteiger charge is -2.29. The van der Waals surface area contributed by atoms with Crippen LogP contribution in [0.2, 0.25) is 5.02 Å². The van der Waals surface area contributed by atoms with Crippen LogP contribution in [0.5, 0.6) is 0 Å². The van der Waals surface area contributed by atoms with Gasteiger partial charge in [0.25, 0.3) is 0 Å². The van der Waals surface area contributed by atoms with E-state index in [9.17, 15) is 13.2 Å². The third-order valence-electron chi connectivity index (χ3n) is 3.90. The number of halogens is 1. The molecule has 2 amide bonds. The first-order valence-electron chi connectivity index (χ1n) is 7.77. The predicted octanol–water partition coefficient (Wildman–Crippen LogP) is 3.70. The Kier molecular flexibility index (Phi) is 4.87. The molecule has 3 rings (SSSR count). The Morgan fingerprint density at radius 3 is 2.52 bits per heavy atom. The monoisotopic (exact) mass is 379 g/mol. The maximum absolute atomic E-state index is 12.1. The summed E-state index contributed by atoms with van der Waals surface area (Å²) in [6.07, 6.45) is 2.78. The molecule has 0 radical (unpaired) electrons. The van der Waals surface area contributed by atoms with Gasteiger partial charge in [0.2, 0.25) is 10.0 Å². The van der Waals surface area contributed by atoms with Gasteiger partial charge in [-0.1, -0.05) is 23.7 Å². The number of benzene rings is 2. The van der Waals surface area contributed by atoms with Crippen molar-refractivity contribution in [3.8, 4) is 0 Å². The molecule has 0 saturated heterocycles. The normalized spacial score (nSPS) is 13.9. The molecule has 0 aromatic heterocycles. The van der Waals surface area contributed by atoms with E-state index in [1.165, 1.54) is 10.6 Å². The van der Waals surface area contributed by atoms with Gasteiger partial charge in [0.1, 0.15) is 0 Å². The molecule has 0 spiro atoms. The third kappa shape index (κ3) is 4.24. The molecule has 8 heteroatoms. The van der Waals surface area contributed by atoms with E-state index in [4.69, 9.17) is 11.6 Å². The number of nitrogens with zero attached hydrogens (tertiary/aromatic N) is 1. The fourth-order valence-corrected chi connectivity index (χ4v) is 4.00. The van der Waals surface area contributed by atoms with E-state index in [0.717, 1.165) is 18.4 Å². The number of carbonyl (C=O) groups excluding carboxylic acids is 1. The van der Waals surface area contributed by atoms with Crippen LogP contribution in [0.4, 0.5) is 21.9 Å². The second-order valence-electron chi connectivity index (χ2n) is 5.87. The van der Waals surface area contributed by atoms with Crippen LogP contribution in [0.15, 0.2) is 42.5 Å². The number of rotatable bonds is 3. The van der Waals surface area contributed by atoms with Crippen LogP contribution in [0.3, 0.4) is 0 Å². The maximum Gasteiger partial charge on any atom is 0.323 e. The molecule has 0 atom stereocenters. The third-order valence-corrected chi connectivity index (χ3v) is 5.32. The number of anilines is 3. The molecule has 2 N–H and O–H groups in total. The number of hydrogen-bond acceptors (Lipinski definition) is 3. The lowest BCUT2D eigenvalue weighted by Crippen LogP contribution is -2.34. The first-order valence-corrected chi connectivity index (χ1v) is 10.00. The summed E-state index contributed by atoms with van der Waals surface area (Å²) in [6, 6.07) is 11.7. The summed E-state index contributed by atoms with van der Waals surface area (Å²) < 4.78 is 25.3. The van der Waals surface area contributed by atoms with Crippen LogP contribution in [-0.4, -0.2) is 27.2 Å². The Labute approximate surface area is 151 Å². The first kappa shape index (κ1) is 17.6. The van der Waals surface area contributed by atoms with Gasteiger partial charge in [-0.05, 0) is 48.7 Å². The Bertz CT molecular complexity index is 915. The summed E-state index contributed by atoms with van der Waals surface area (Å²) in [5.74, 6) is 0. The number of sulfonamides is 1. The highest BCUT2D eigenvalue weighted by Gasteiger charge is 2.24. The van der Waals surface area contributed by atoms with E-state index in [2.05, 4.69) is 10.6 Å². The van der Waals surface area contributed by atoms with Crippen molar-refractivity contribution in [1.29, 1.82) is 0 Å². The summed E-state index contributed by atoms with van der Waals surface area (Å²) in [5, 5.41) is 5.93. The highest BCUT2D eigenvalue weighted by molar-refractivity contribution is 7.92. The number of carbonyl (C=O) groups is 1. The molecular formula is C17H18ClN3O3S. The van der Waals surface area contributed by atoms with Crippen LogP contribution in [0.1, 0.15) is 12.0 Å². The second-order valence-corrected chi connectivity index (χ2v) is 8.21. The van der Waals surface area contributed by atoms with Crippen LogP contribution < -0.4 is 14.9 Å². The Hall–Kier alpha value is -2.25. The molecule has 0 aliphatic carbocycles. The Morgan fingerprint density at radius 2 is 1.84 bits per heavy atom. The highest BCUT2D eigenvalue weighted by atomic mass is 35.5. The molecule has 2 aromatic carbocycles. The van der Waals surface area contributed by atoms with E-state index in [-0.39, 0.29) is 0 Å². The molecular weight excluding hydrogens is 362 g/mol. The minimum absolute atomic E-state index is 0.427. The van der Waals surface area contributed by atoms with Crippen LogP contribution in [0.25, 0.3) is 0 Å². The topological polar surface area (TPSA) is 78.5 Å². The minimum atomic E-state index is -3.35. The van der Waals surface area contributed by atoms with Gasteiger partial charge < -0.3 is 10.6 Å². The number of amides is 2. The lowest BCUT2D eigenvalue weighted by molar-refractivity contribution is 0.262. The summed E-state index contributed by atoms with van der Waals surface area (Å²) in [5.41, 5.74) is 2.67. The minimum Gasteiger partial charge on any atom is -0.308 e. The number of urea groups is 1. The fraction of sp³-hybridized carbons (Fsp3) is 0.235. The van der Waals surface area contributed by atoms with E-state index in [0.29, 0.717) is 28.6 Å². The molecule has 0 saturated carbocycles. The highest BCUT2D eigenvalue weighted by Crippen LogP contribution is 2.31. The zero-order valence-corrected chi connectivity index (χ0v) is 15.2. The van der Waals surface area contributed by atoms with Gasteiger partial charge in [-0.25, -0.2) is 13.2 Å². The van der Waals surface area contributed by atoms with Crippen molar-refractivity contribution in [2.45, 2.75) is 12.8 Å². The van der Waals surface area contributed by atoms with Gasteiger partial charge in [-0.3, -0.25) is 4.31 Å². The van der Waals surface area contributed by atoms with Gasteiger partial charge in [0.15, 0.2) is 0 Å². The summed E-state index contributed by atoms with van der Waals surface area (Å²) >= 11 is 5.89. The number of aryl methyl sites for hydroxylation is 1. The molecule has 6 nitrogen and oxygen atoms in total. The Morgan fingerprint density at radius 1 is 1.12 bits per heavy atom. The molecule has 0 unspecified atom stereocenters. The number of hydrogen-bond donors (Lipinski definition) is 2. The predicted molar refractivity (Wildman–Crippen MR) is 101 cm³/mol. The number of fused-ring (bicyclic) bond motifs is 1. The molecule has 132 valence electrons. The summed E-state index contributed by atoms with van der Waals surface area (Å²) in [6.45, 7) is 0.448. The van der Waals surface area contributed by atoms with Crippen LogP contribution in [-0.2, 0) is 16.4 Å². The molecule has 0 bridgehead atoms. The fourth-order valence-electron chi connectivity index (χ4n) is 2.82. The average molecular weight is 380 g/mol. The summed E-state index contributed by atoms with van der Waals surface area (Å²) in [7, 11) is -3.35. The smallest absolute Gasteiger partial charge is 0.308 e. The lowest BCUT2D eigenvalue weighted by atomic mass is 10.0. The molecule has 25 heavy (non-hydrogen) atoms. The van der Waals surface area contributed by atoms with Gasteiger partial charge in [0, 0.05) is 22.9 Å². The van der Waals surface area contributed by atoms with E-state index < -0.39 is 16.1 Å². The van der Waals surface area contributed by atoms with Gasteiger partial charge in [-0.15, -0.1) is 0 Å². The largest absolute Gasteiger partial charge is 0.323 e. The van der Waals surface area contributed by atoms with Crippen molar-refractivity contribution in [1.82, 2.24) is 0 Å². The van der Waals surface area contributed by atoms with E-state index in [1.54, 1.807) is 36.4 Å². The van der Waals surface area contributed by atoms with Gasteiger partial charge in [0.05, 0.1) is 11.9 Å². The van der Waals surface area contributed by atoms with Crippen molar-refractivity contribution < 1.29 is 13.2 Å². The maximum atomic E-state index is 12.1. The molecule has 0 fully saturated rings. The van der Waals surface area contributed by atoms with Crippen LogP contribution >= 0.6 is 11.6 Å². The van der Waals surface area contributed by atoms with Gasteiger partial charge >= 0.3 is 6.03 Å². The second kappa shape index (κ2) is 6.93.